The number of benzene rings is 2. The van der Waals surface area contributed by atoms with E-state index in [0.29, 0.717) is 15.7 Å². The zero-order chi connectivity index (χ0) is 14.1. The van der Waals surface area contributed by atoms with E-state index < -0.39 is 0 Å². The van der Waals surface area contributed by atoms with Crippen molar-refractivity contribution in [1.29, 1.82) is 0 Å². The average molecular weight is 321 g/mol. The molecule has 0 saturated carbocycles. The molecule has 0 aliphatic carbocycles. The predicted molar refractivity (Wildman–Crippen MR) is 87.4 cm³/mol. The molecule has 0 spiro atoms. The van der Waals surface area contributed by atoms with Gasteiger partial charge in [-0.1, -0.05) is 47.5 Å². The molecule has 5 heteroatoms. The topological polar surface area (TPSA) is 38.9 Å². The summed E-state index contributed by atoms with van der Waals surface area (Å²) in [4.78, 5) is 4.62. The molecular weight excluding hydrogens is 311 g/mol. The molecule has 0 radical (unpaired) electrons. The molecule has 0 atom stereocenters. The van der Waals surface area contributed by atoms with E-state index in [-0.39, 0.29) is 0 Å². The van der Waals surface area contributed by atoms with Gasteiger partial charge in [-0.15, -0.1) is 11.3 Å². The largest absolute Gasteiger partial charge is 0.398 e. The molecule has 2 N–H and O–H groups in total. The third-order valence-corrected chi connectivity index (χ3v) is 4.45. The molecule has 2 aromatic carbocycles. The first-order chi connectivity index (χ1) is 9.65. The Morgan fingerprint density at radius 3 is 2.55 bits per heavy atom. The third kappa shape index (κ3) is 2.52. The molecule has 0 amide bonds. The van der Waals surface area contributed by atoms with Crippen LogP contribution in [0.5, 0.6) is 0 Å². The van der Waals surface area contributed by atoms with E-state index in [9.17, 15) is 0 Å². The number of nitrogens with two attached hydrogens (primary N) is 1. The van der Waals surface area contributed by atoms with E-state index in [0.717, 1.165) is 21.8 Å². The summed E-state index contributed by atoms with van der Waals surface area (Å²) in [5.41, 5.74) is 9.13. The fourth-order valence-electron chi connectivity index (χ4n) is 1.87. The number of thiazole rings is 1. The highest BCUT2D eigenvalue weighted by Gasteiger charge is 2.10. The fraction of sp³-hybridized carbons (Fsp3) is 0. The van der Waals surface area contributed by atoms with Gasteiger partial charge in [-0.3, -0.25) is 0 Å². The van der Waals surface area contributed by atoms with Crippen LogP contribution in [0.4, 0.5) is 5.69 Å². The molecule has 0 aliphatic heterocycles. The van der Waals surface area contributed by atoms with E-state index in [1.54, 1.807) is 17.4 Å². The molecule has 1 heterocycles. The maximum Gasteiger partial charge on any atom is 0.125 e. The van der Waals surface area contributed by atoms with E-state index in [4.69, 9.17) is 28.9 Å². The van der Waals surface area contributed by atoms with Gasteiger partial charge in [0, 0.05) is 16.5 Å². The van der Waals surface area contributed by atoms with Crippen molar-refractivity contribution in [3.63, 3.8) is 0 Å². The van der Waals surface area contributed by atoms with Crippen LogP contribution in [-0.2, 0) is 0 Å². The lowest BCUT2D eigenvalue weighted by atomic mass is 10.1. The van der Waals surface area contributed by atoms with Crippen molar-refractivity contribution in [3.05, 3.63) is 57.9 Å². The minimum atomic E-state index is 0.551. The van der Waals surface area contributed by atoms with Crippen molar-refractivity contribution in [2.75, 3.05) is 5.73 Å². The number of nitrogen functional groups attached to an aromatic ring is 1. The normalized spacial score (nSPS) is 10.7. The Hall–Kier alpha value is -1.55. The lowest BCUT2D eigenvalue weighted by Gasteiger charge is -2.01. The summed E-state index contributed by atoms with van der Waals surface area (Å²) >= 11 is 13.7. The first kappa shape index (κ1) is 13.4. The summed E-state index contributed by atoms with van der Waals surface area (Å²) in [5, 5.41) is 4.12. The highest BCUT2D eigenvalue weighted by molar-refractivity contribution is 7.13. The lowest BCUT2D eigenvalue weighted by Crippen LogP contribution is -1.87. The number of anilines is 1. The number of rotatable bonds is 2. The summed E-state index contributed by atoms with van der Waals surface area (Å²) in [7, 11) is 0. The summed E-state index contributed by atoms with van der Waals surface area (Å²) in [6, 6.07) is 13.2. The molecule has 2 nitrogen and oxygen atoms in total. The number of hydrogen-bond donors (Lipinski definition) is 1. The molecule has 0 bridgehead atoms. The van der Waals surface area contributed by atoms with Gasteiger partial charge in [0.05, 0.1) is 21.4 Å². The van der Waals surface area contributed by atoms with Crippen molar-refractivity contribution in [3.8, 4) is 21.8 Å². The Balaban J connectivity index is 2.02. The van der Waals surface area contributed by atoms with Crippen LogP contribution in [0.25, 0.3) is 21.8 Å². The SMILES string of the molecule is Nc1cc(-c2csc(-c3ccccc3Cl)n2)ccc1Cl. The van der Waals surface area contributed by atoms with Gasteiger partial charge in [-0.25, -0.2) is 4.98 Å². The number of aromatic nitrogens is 1. The van der Waals surface area contributed by atoms with Crippen LogP contribution in [0.2, 0.25) is 10.0 Å². The molecule has 0 fully saturated rings. The summed E-state index contributed by atoms with van der Waals surface area (Å²) in [6.45, 7) is 0. The van der Waals surface area contributed by atoms with Gasteiger partial charge in [0.25, 0.3) is 0 Å². The molecule has 0 unspecified atom stereocenters. The monoisotopic (exact) mass is 320 g/mol. The molecule has 3 rings (SSSR count). The molecule has 0 saturated heterocycles. The zero-order valence-electron chi connectivity index (χ0n) is 10.3. The molecule has 20 heavy (non-hydrogen) atoms. The van der Waals surface area contributed by atoms with Crippen LogP contribution < -0.4 is 5.73 Å². The van der Waals surface area contributed by atoms with Gasteiger partial charge in [0.2, 0.25) is 0 Å². The standard InChI is InChI=1S/C15H10Cl2N2S/c16-11-4-2-1-3-10(11)15-19-14(8-20-15)9-5-6-12(17)13(18)7-9/h1-8H,18H2. The Bertz CT molecular complexity index is 768. The lowest BCUT2D eigenvalue weighted by molar-refractivity contribution is 1.40. The first-order valence-electron chi connectivity index (χ1n) is 5.91. The van der Waals surface area contributed by atoms with E-state index in [1.165, 1.54) is 0 Å². The minimum absolute atomic E-state index is 0.551. The van der Waals surface area contributed by atoms with E-state index in [2.05, 4.69) is 4.98 Å². The zero-order valence-corrected chi connectivity index (χ0v) is 12.6. The average Bonchev–Trinajstić information content (AvgIpc) is 2.92. The number of hydrogen-bond acceptors (Lipinski definition) is 3. The maximum absolute atomic E-state index is 6.19. The Kier molecular flexibility index (Phi) is 3.66. The smallest absolute Gasteiger partial charge is 0.125 e. The third-order valence-electron chi connectivity index (χ3n) is 2.90. The molecule has 0 aliphatic rings. The highest BCUT2D eigenvalue weighted by Crippen LogP contribution is 2.34. The Morgan fingerprint density at radius 1 is 1.00 bits per heavy atom. The Morgan fingerprint density at radius 2 is 1.80 bits per heavy atom. The van der Waals surface area contributed by atoms with Crippen LogP contribution in [0.15, 0.2) is 47.8 Å². The van der Waals surface area contributed by atoms with Crippen molar-refractivity contribution >= 4 is 40.2 Å². The van der Waals surface area contributed by atoms with Gasteiger partial charge in [-0.2, -0.15) is 0 Å². The minimum Gasteiger partial charge on any atom is -0.398 e. The van der Waals surface area contributed by atoms with Crippen molar-refractivity contribution in [2.24, 2.45) is 0 Å². The molecular formula is C15H10Cl2N2S. The summed E-state index contributed by atoms with van der Waals surface area (Å²) in [6.07, 6.45) is 0. The van der Waals surface area contributed by atoms with Crippen LogP contribution in [0.3, 0.4) is 0 Å². The van der Waals surface area contributed by atoms with E-state index >= 15 is 0 Å². The van der Waals surface area contributed by atoms with Gasteiger partial charge in [0.1, 0.15) is 5.01 Å². The molecule has 1 aromatic heterocycles. The second kappa shape index (κ2) is 5.44. The summed E-state index contributed by atoms with van der Waals surface area (Å²) in [5.74, 6) is 0. The quantitative estimate of drug-likeness (QED) is 0.645. The van der Waals surface area contributed by atoms with Gasteiger partial charge < -0.3 is 5.73 Å². The van der Waals surface area contributed by atoms with Crippen LogP contribution in [0, 0.1) is 0 Å². The predicted octanol–water partition coefficient (Wildman–Crippen LogP) is 5.37. The van der Waals surface area contributed by atoms with Crippen LogP contribution in [-0.4, -0.2) is 4.98 Å². The second-order valence-electron chi connectivity index (χ2n) is 4.25. The van der Waals surface area contributed by atoms with Crippen molar-refractivity contribution in [1.82, 2.24) is 4.98 Å². The van der Waals surface area contributed by atoms with Crippen molar-refractivity contribution in [2.45, 2.75) is 0 Å². The fourth-order valence-corrected chi connectivity index (χ4v) is 3.13. The Labute approximate surface area is 130 Å². The maximum atomic E-state index is 6.19. The van der Waals surface area contributed by atoms with Crippen molar-refractivity contribution < 1.29 is 0 Å². The van der Waals surface area contributed by atoms with Crippen LogP contribution in [0.1, 0.15) is 0 Å². The second-order valence-corrected chi connectivity index (χ2v) is 5.93. The number of nitrogens with zero attached hydrogens (tertiary/aromatic N) is 1. The highest BCUT2D eigenvalue weighted by atomic mass is 35.5. The molecule has 3 aromatic rings. The molecule has 100 valence electrons. The summed E-state index contributed by atoms with van der Waals surface area (Å²) < 4.78 is 0. The van der Waals surface area contributed by atoms with Crippen LogP contribution >= 0.6 is 34.5 Å². The van der Waals surface area contributed by atoms with E-state index in [1.807, 2.05) is 41.8 Å². The van der Waals surface area contributed by atoms with Gasteiger partial charge in [-0.05, 0) is 18.2 Å². The first-order valence-corrected chi connectivity index (χ1v) is 7.54. The number of halogens is 2. The van der Waals surface area contributed by atoms with Gasteiger partial charge in [0.15, 0.2) is 0 Å². The van der Waals surface area contributed by atoms with Gasteiger partial charge >= 0.3 is 0 Å².